The maximum atomic E-state index is 11.7. The molecule has 18 heavy (non-hydrogen) atoms. The van der Waals surface area contributed by atoms with Crippen molar-refractivity contribution in [1.29, 1.82) is 0 Å². The van der Waals surface area contributed by atoms with Crippen LogP contribution < -0.4 is 0 Å². The van der Waals surface area contributed by atoms with E-state index in [2.05, 4.69) is 12.2 Å². The second-order valence-corrected chi connectivity index (χ2v) is 5.29. The Labute approximate surface area is 105 Å². The van der Waals surface area contributed by atoms with Crippen LogP contribution in [-0.2, 0) is 19.2 Å². The van der Waals surface area contributed by atoms with Crippen LogP contribution in [0, 0.1) is 17.8 Å². The van der Waals surface area contributed by atoms with Crippen molar-refractivity contribution in [2.75, 3.05) is 0 Å². The molecule has 3 aliphatic rings. The molecule has 0 radical (unpaired) electrons. The molecule has 2 bridgehead atoms. The second-order valence-electron chi connectivity index (χ2n) is 5.29. The van der Waals surface area contributed by atoms with Gasteiger partial charge in [-0.15, -0.1) is 5.06 Å². The van der Waals surface area contributed by atoms with Crippen molar-refractivity contribution in [3.63, 3.8) is 0 Å². The molecule has 3 atom stereocenters. The van der Waals surface area contributed by atoms with Gasteiger partial charge in [-0.2, -0.15) is 0 Å². The molecule has 5 heteroatoms. The molecule has 1 aliphatic heterocycles. The molecule has 0 N–H and O–H groups in total. The van der Waals surface area contributed by atoms with E-state index < -0.39 is 17.8 Å². The predicted molar refractivity (Wildman–Crippen MR) is 60.6 cm³/mol. The number of rotatable bonds is 3. The first kappa shape index (κ1) is 11.4. The lowest BCUT2D eigenvalue weighted by atomic mass is 9.91. The molecular formula is C13H15NO4. The van der Waals surface area contributed by atoms with Crippen LogP contribution >= 0.6 is 0 Å². The lowest BCUT2D eigenvalue weighted by Gasteiger charge is -2.18. The minimum atomic E-state index is -0.468. The summed E-state index contributed by atoms with van der Waals surface area (Å²) < 4.78 is 0. The summed E-state index contributed by atoms with van der Waals surface area (Å²) in [5.74, 6) is 0.0719. The Morgan fingerprint density at radius 2 is 1.94 bits per heavy atom. The van der Waals surface area contributed by atoms with Gasteiger partial charge in [-0.05, 0) is 30.6 Å². The van der Waals surface area contributed by atoms with Gasteiger partial charge in [-0.3, -0.25) is 9.59 Å². The van der Waals surface area contributed by atoms with Crippen molar-refractivity contribution in [2.45, 2.75) is 32.1 Å². The Morgan fingerprint density at radius 1 is 1.22 bits per heavy atom. The normalized spacial score (nSPS) is 33.6. The molecule has 96 valence electrons. The second kappa shape index (κ2) is 4.23. The van der Waals surface area contributed by atoms with Crippen LogP contribution in [0.5, 0.6) is 0 Å². The number of carbonyl (C=O) groups excluding carboxylic acids is 3. The Balaban J connectivity index is 1.55. The van der Waals surface area contributed by atoms with Gasteiger partial charge in [0.15, 0.2) is 0 Å². The summed E-state index contributed by atoms with van der Waals surface area (Å²) in [5.41, 5.74) is 0. The van der Waals surface area contributed by atoms with Crippen molar-refractivity contribution in [3.8, 4) is 0 Å². The summed E-state index contributed by atoms with van der Waals surface area (Å²) in [6.07, 6.45) is 7.09. The minimum Gasteiger partial charge on any atom is -0.330 e. The fourth-order valence-electron chi connectivity index (χ4n) is 3.14. The molecule has 3 unspecified atom stereocenters. The Morgan fingerprint density at radius 3 is 2.50 bits per heavy atom. The standard InChI is InChI=1S/C13H15NO4/c15-11-3-4-12(16)14(11)18-13(17)7-10-6-8-1-2-9(10)5-8/h1-2,8-10H,3-7H2. The molecule has 3 rings (SSSR count). The first-order valence-electron chi connectivity index (χ1n) is 6.38. The Kier molecular flexibility index (Phi) is 2.69. The molecule has 2 amide bonds. The number of nitrogens with zero attached hydrogens (tertiary/aromatic N) is 1. The van der Waals surface area contributed by atoms with Gasteiger partial charge in [0.1, 0.15) is 0 Å². The maximum absolute atomic E-state index is 11.7. The minimum absolute atomic E-state index is 0.142. The zero-order valence-electron chi connectivity index (χ0n) is 10.0. The van der Waals surface area contributed by atoms with Gasteiger partial charge >= 0.3 is 5.97 Å². The van der Waals surface area contributed by atoms with E-state index in [0.717, 1.165) is 12.8 Å². The van der Waals surface area contributed by atoms with Crippen molar-refractivity contribution in [2.24, 2.45) is 17.8 Å². The first-order chi connectivity index (χ1) is 8.63. The monoisotopic (exact) mass is 249 g/mol. The molecule has 1 heterocycles. The van der Waals surface area contributed by atoms with E-state index in [0.29, 0.717) is 29.2 Å². The number of amides is 2. The van der Waals surface area contributed by atoms with Gasteiger partial charge in [0.2, 0.25) is 0 Å². The largest absolute Gasteiger partial charge is 0.333 e. The maximum Gasteiger partial charge on any atom is 0.333 e. The third-order valence-electron chi connectivity index (χ3n) is 4.04. The highest BCUT2D eigenvalue weighted by molar-refractivity contribution is 6.01. The van der Waals surface area contributed by atoms with Crippen LogP contribution in [0.3, 0.4) is 0 Å². The molecule has 0 aromatic carbocycles. The van der Waals surface area contributed by atoms with Crippen molar-refractivity contribution >= 4 is 17.8 Å². The van der Waals surface area contributed by atoms with E-state index in [1.165, 1.54) is 0 Å². The number of hydrogen-bond donors (Lipinski definition) is 0. The van der Waals surface area contributed by atoms with E-state index in [9.17, 15) is 14.4 Å². The van der Waals surface area contributed by atoms with E-state index in [1.807, 2.05) is 0 Å². The summed E-state index contributed by atoms with van der Waals surface area (Å²) in [6, 6.07) is 0. The average Bonchev–Trinajstić information content (AvgIpc) is 3.00. The molecule has 2 fully saturated rings. The van der Waals surface area contributed by atoms with Gasteiger partial charge in [-0.25, -0.2) is 4.79 Å². The highest BCUT2D eigenvalue weighted by atomic mass is 16.7. The molecule has 0 spiro atoms. The lowest BCUT2D eigenvalue weighted by Crippen LogP contribution is -2.32. The lowest BCUT2D eigenvalue weighted by molar-refractivity contribution is -0.198. The van der Waals surface area contributed by atoms with Gasteiger partial charge in [0.05, 0.1) is 6.42 Å². The molecule has 1 saturated carbocycles. The van der Waals surface area contributed by atoms with Crippen LogP contribution in [0.2, 0.25) is 0 Å². The van der Waals surface area contributed by atoms with E-state index in [4.69, 9.17) is 4.84 Å². The van der Waals surface area contributed by atoms with Crippen molar-refractivity contribution in [3.05, 3.63) is 12.2 Å². The van der Waals surface area contributed by atoms with Crippen LogP contribution in [0.25, 0.3) is 0 Å². The number of carbonyl (C=O) groups is 3. The van der Waals surface area contributed by atoms with Crippen molar-refractivity contribution < 1.29 is 19.2 Å². The molecule has 0 aromatic heterocycles. The number of hydrogen-bond acceptors (Lipinski definition) is 4. The van der Waals surface area contributed by atoms with Gasteiger partial charge < -0.3 is 4.84 Å². The summed E-state index contributed by atoms with van der Waals surface area (Å²) in [5, 5.41) is 0.630. The highest BCUT2D eigenvalue weighted by Crippen LogP contribution is 2.45. The molecule has 5 nitrogen and oxygen atoms in total. The zero-order valence-corrected chi connectivity index (χ0v) is 10.0. The number of allylic oxidation sites excluding steroid dienone is 2. The summed E-state index contributed by atoms with van der Waals surface area (Å²) in [4.78, 5) is 39.2. The fourth-order valence-corrected chi connectivity index (χ4v) is 3.14. The van der Waals surface area contributed by atoms with Gasteiger partial charge in [0.25, 0.3) is 11.8 Å². The summed E-state index contributed by atoms with van der Waals surface area (Å²) in [6.45, 7) is 0. The third-order valence-corrected chi connectivity index (χ3v) is 4.04. The number of imide groups is 1. The highest BCUT2D eigenvalue weighted by Gasteiger charge is 2.38. The van der Waals surface area contributed by atoms with Gasteiger partial charge in [0, 0.05) is 12.8 Å². The molecular weight excluding hydrogens is 234 g/mol. The Hall–Kier alpha value is -1.65. The smallest absolute Gasteiger partial charge is 0.330 e. The molecule has 0 aromatic rings. The SMILES string of the molecule is O=C(CC1CC2C=CC1C2)ON1C(=O)CCC1=O. The van der Waals surface area contributed by atoms with Crippen LogP contribution in [0.15, 0.2) is 12.2 Å². The topological polar surface area (TPSA) is 63.7 Å². The average molecular weight is 249 g/mol. The third kappa shape index (κ3) is 1.94. The van der Waals surface area contributed by atoms with E-state index >= 15 is 0 Å². The van der Waals surface area contributed by atoms with E-state index in [-0.39, 0.29) is 12.8 Å². The van der Waals surface area contributed by atoms with Crippen LogP contribution in [-0.4, -0.2) is 22.8 Å². The fraction of sp³-hybridized carbons (Fsp3) is 0.615. The zero-order chi connectivity index (χ0) is 12.7. The quantitative estimate of drug-likeness (QED) is 0.557. The number of fused-ring (bicyclic) bond motifs is 2. The van der Waals surface area contributed by atoms with Gasteiger partial charge in [-0.1, -0.05) is 12.2 Å². The predicted octanol–water partition coefficient (Wildman–Crippen LogP) is 1.20. The van der Waals surface area contributed by atoms with Crippen molar-refractivity contribution in [1.82, 2.24) is 5.06 Å². The molecule has 2 aliphatic carbocycles. The van der Waals surface area contributed by atoms with Crippen LogP contribution in [0.1, 0.15) is 32.1 Å². The van der Waals surface area contributed by atoms with E-state index in [1.54, 1.807) is 0 Å². The summed E-state index contributed by atoms with van der Waals surface area (Å²) in [7, 11) is 0. The molecule has 1 saturated heterocycles. The summed E-state index contributed by atoms with van der Waals surface area (Å²) >= 11 is 0. The number of hydroxylamine groups is 2. The Bertz CT molecular complexity index is 426. The van der Waals surface area contributed by atoms with Crippen LogP contribution in [0.4, 0.5) is 0 Å². The first-order valence-corrected chi connectivity index (χ1v) is 6.38.